The van der Waals surface area contributed by atoms with Crippen molar-refractivity contribution in [1.82, 2.24) is 9.97 Å². The van der Waals surface area contributed by atoms with E-state index in [1.807, 2.05) is 13.8 Å². The van der Waals surface area contributed by atoms with E-state index in [-0.39, 0.29) is 6.10 Å². The third kappa shape index (κ3) is 2.99. The molecule has 2 N–H and O–H groups in total. The Hall–Kier alpha value is -1.16. The van der Waals surface area contributed by atoms with E-state index in [4.69, 9.17) is 0 Å². The van der Waals surface area contributed by atoms with Crippen molar-refractivity contribution >= 4 is 5.82 Å². The molecule has 0 unspecified atom stereocenters. The van der Waals surface area contributed by atoms with Crippen LogP contribution in [0.25, 0.3) is 0 Å². The number of aryl methyl sites for hydroxylation is 1. The normalized spacial score (nSPS) is 12.5. The Morgan fingerprint density at radius 3 is 2.77 bits per heavy atom. The molecule has 0 bridgehead atoms. The molecule has 0 saturated carbocycles. The van der Waals surface area contributed by atoms with Gasteiger partial charge in [0.1, 0.15) is 5.82 Å². The molecular weight excluding hydrogens is 166 g/mol. The third-order valence-electron chi connectivity index (χ3n) is 1.86. The van der Waals surface area contributed by atoms with Crippen LogP contribution in [0.2, 0.25) is 0 Å². The molecule has 0 aliphatic heterocycles. The highest BCUT2D eigenvalue weighted by atomic mass is 16.3. The Balaban J connectivity index is 2.50. The molecule has 1 atom stereocenters. The molecule has 13 heavy (non-hydrogen) atoms. The van der Waals surface area contributed by atoms with Gasteiger partial charge in [-0.3, -0.25) is 4.98 Å². The average Bonchev–Trinajstić information content (AvgIpc) is 2.16. The Morgan fingerprint density at radius 1 is 1.46 bits per heavy atom. The predicted molar refractivity (Wildman–Crippen MR) is 51.6 cm³/mol. The molecular formula is C9H15N3O. The molecule has 0 aliphatic rings. The lowest BCUT2D eigenvalue weighted by atomic mass is 10.3. The number of hydrogen-bond acceptors (Lipinski definition) is 4. The van der Waals surface area contributed by atoms with E-state index < -0.39 is 0 Å². The second kappa shape index (κ2) is 4.77. The number of nitrogens with one attached hydrogen (secondary N) is 1. The number of rotatable bonds is 4. The fraction of sp³-hybridized carbons (Fsp3) is 0.556. The van der Waals surface area contributed by atoms with Crippen molar-refractivity contribution in [2.45, 2.75) is 26.4 Å². The van der Waals surface area contributed by atoms with Gasteiger partial charge in [-0.25, -0.2) is 4.98 Å². The van der Waals surface area contributed by atoms with Gasteiger partial charge in [0.2, 0.25) is 0 Å². The zero-order valence-electron chi connectivity index (χ0n) is 7.99. The zero-order valence-corrected chi connectivity index (χ0v) is 7.99. The van der Waals surface area contributed by atoms with Gasteiger partial charge >= 0.3 is 0 Å². The summed E-state index contributed by atoms with van der Waals surface area (Å²) >= 11 is 0. The summed E-state index contributed by atoms with van der Waals surface area (Å²) in [6.07, 6.45) is 3.71. The fourth-order valence-corrected chi connectivity index (χ4v) is 0.940. The van der Waals surface area contributed by atoms with Crippen molar-refractivity contribution in [2.75, 3.05) is 11.9 Å². The van der Waals surface area contributed by atoms with Gasteiger partial charge in [0.15, 0.2) is 0 Å². The molecule has 72 valence electrons. The maximum atomic E-state index is 9.30. The topological polar surface area (TPSA) is 58.0 Å². The summed E-state index contributed by atoms with van der Waals surface area (Å²) in [4.78, 5) is 8.18. The van der Waals surface area contributed by atoms with E-state index >= 15 is 0 Å². The van der Waals surface area contributed by atoms with Crippen molar-refractivity contribution in [3.63, 3.8) is 0 Å². The second-order valence-electron chi connectivity index (χ2n) is 2.93. The fourth-order valence-electron chi connectivity index (χ4n) is 0.940. The number of hydrogen-bond donors (Lipinski definition) is 2. The van der Waals surface area contributed by atoms with Gasteiger partial charge in [-0.1, -0.05) is 6.92 Å². The van der Waals surface area contributed by atoms with E-state index in [2.05, 4.69) is 15.3 Å². The summed E-state index contributed by atoms with van der Waals surface area (Å²) in [7, 11) is 0. The molecule has 0 aliphatic carbocycles. The molecule has 4 heteroatoms. The van der Waals surface area contributed by atoms with Gasteiger partial charge in [0.05, 0.1) is 11.8 Å². The number of anilines is 1. The largest absolute Gasteiger partial charge is 0.391 e. The van der Waals surface area contributed by atoms with E-state index in [0.29, 0.717) is 6.54 Å². The molecule has 0 spiro atoms. The van der Waals surface area contributed by atoms with E-state index in [9.17, 15) is 5.11 Å². The number of aliphatic hydroxyl groups is 1. The monoisotopic (exact) mass is 181 g/mol. The Kier molecular flexibility index (Phi) is 3.64. The van der Waals surface area contributed by atoms with Gasteiger partial charge in [-0.15, -0.1) is 0 Å². The standard InChI is InChI=1S/C9H15N3O/c1-3-8(13)6-12-9-7(2)10-4-5-11-9/h4-5,8,13H,3,6H2,1-2H3,(H,11,12)/t8-/m0/s1. The van der Waals surface area contributed by atoms with E-state index in [1.165, 1.54) is 0 Å². The quantitative estimate of drug-likeness (QED) is 0.726. The molecule has 0 amide bonds. The first-order chi connectivity index (χ1) is 6.24. The number of aromatic nitrogens is 2. The molecule has 1 rings (SSSR count). The lowest BCUT2D eigenvalue weighted by Gasteiger charge is -2.10. The minimum Gasteiger partial charge on any atom is -0.391 e. The van der Waals surface area contributed by atoms with E-state index in [0.717, 1.165) is 17.9 Å². The van der Waals surface area contributed by atoms with Crippen molar-refractivity contribution in [3.05, 3.63) is 18.1 Å². The Morgan fingerprint density at radius 2 is 2.15 bits per heavy atom. The molecule has 0 radical (unpaired) electrons. The van der Waals surface area contributed by atoms with Gasteiger partial charge < -0.3 is 10.4 Å². The van der Waals surface area contributed by atoms with Crippen LogP contribution < -0.4 is 5.32 Å². The van der Waals surface area contributed by atoms with Gasteiger partial charge in [0, 0.05) is 18.9 Å². The summed E-state index contributed by atoms with van der Waals surface area (Å²) in [5.41, 5.74) is 0.853. The predicted octanol–water partition coefficient (Wildman–Crippen LogP) is 0.968. The van der Waals surface area contributed by atoms with Crippen LogP contribution in [0, 0.1) is 6.92 Å². The molecule has 4 nitrogen and oxygen atoms in total. The van der Waals surface area contributed by atoms with Crippen LogP contribution in [-0.2, 0) is 0 Å². The second-order valence-corrected chi connectivity index (χ2v) is 2.93. The molecule has 0 saturated heterocycles. The highest BCUT2D eigenvalue weighted by Gasteiger charge is 2.02. The smallest absolute Gasteiger partial charge is 0.147 e. The minimum atomic E-state index is -0.318. The van der Waals surface area contributed by atoms with Crippen LogP contribution in [0.1, 0.15) is 19.0 Å². The van der Waals surface area contributed by atoms with Gasteiger partial charge in [0.25, 0.3) is 0 Å². The van der Waals surface area contributed by atoms with Crippen LogP contribution in [0.5, 0.6) is 0 Å². The lowest BCUT2D eigenvalue weighted by molar-refractivity contribution is 0.183. The van der Waals surface area contributed by atoms with Crippen LogP contribution in [0.3, 0.4) is 0 Å². The summed E-state index contributed by atoms with van der Waals surface area (Å²) in [6.45, 7) is 4.35. The SMILES string of the molecule is CC[C@H](O)CNc1nccnc1C. The summed E-state index contributed by atoms with van der Waals surface area (Å²) < 4.78 is 0. The maximum Gasteiger partial charge on any atom is 0.147 e. The van der Waals surface area contributed by atoms with E-state index in [1.54, 1.807) is 12.4 Å². The Labute approximate surface area is 78.0 Å². The third-order valence-corrected chi connectivity index (χ3v) is 1.86. The summed E-state index contributed by atoms with van der Waals surface area (Å²) in [5, 5.41) is 12.3. The summed E-state index contributed by atoms with van der Waals surface area (Å²) in [6, 6.07) is 0. The average molecular weight is 181 g/mol. The maximum absolute atomic E-state index is 9.30. The Bertz CT molecular complexity index is 265. The first-order valence-corrected chi connectivity index (χ1v) is 4.43. The lowest BCUT2D eigenvalue weighted by Crippen LogP contribution is -2.19. The van der Waals surface area contributed by atoms with Gasteiger partial charge in [-0.05, 0) is 13.3 Å². The van der Waals surface area contributed by atoms with Crippen LogP contribution in [0.15, 0.2) is 12.4 Å². The molecule has 1 aromatic rings. The first-order valence-electron chi connectivity index (χ1n) is 4.43. The molecule has 1 aromatic heterocycles. The first kappa shape index (κ1) is 9.92. The van der Waals surface area contributed by atoms with Gasteiger partial charge in [-0.2, -0.15) is 0 Å². The zero-order chi connectivity index (χ0) is 9.68. The van der Waals surface area contributed by atoms with Crippen LogP contribution in [0.4, 0.5) is 5.82 Å². The number of nitrogens with zero attached hydrogens (tertiary/aromatic N) is 2. The summed E-state index contributed by atoms with van der Waals surface area (Å²) in [5.74, 6) is 0.745. The van der Waals surface area contributed by atoms with Crippen molar-refractivity contribution in [3.8, 4) is 0 Å². The van der Waals surface area contributed by atoms with Crippen molar-refractivity contribution in [2.24, 2.45) is 0 Å². The van der Waals surface area contributed by atoms with Crippen molar-refractivity contribution < 1.29 is 5.11 Å². The number of aliphatic hydroxyl groups excluding tert-OH is 1. The van der Waals surface area contributed by atoms with Crippen LogP contribution in [-0.4, -0.2) is 27.7 Å². The van der Waals surface area contributed by atoms with Crippen LogP contribution >= 0.6 is 0 Å². The molecule has 1 heterocycles. The minimum absolute atomic E-state index is 0.318. The van der Waals surface area contributed by atoms with Crippen molar-refractivity contribution in [1.29, 1.82) is 0 Å². The highest BCUT2D eigenvalue weighted by Crippen LogP contribution is 2.05. The highest BCUT2D eigenvalue weighted by molar-refractivity contribution is 5.38. The molecule has 0 fully saturated rings. The molecule has 0 aromatic carbocycles.